The van der Waals surface area contributed by atoms with Gasteiger partial charge in [0.25, 0.3) is 0 Å². The van der Waals surface area contributed by atoms with Gasteiger partial charge in [-0.25, -0.2) is 0 Å². The maximum atomic E-state index is 12.5. The Kier molecular flexibility index (Phi) is 4.31. The topological polar surface area (TPSA) is 46.5 Å². The average molecular weight is 376 g/mol. The highest BCUT2D eigenvalue weighted by molar-refractivity contribution is 5.87. The van der Waals surface area contributed by atoms with E-state index >= 15 is 0 Å². The molecule has 0 heterocycles. The van der Waals surface area contributed by atoms with Gasteiger partial charge in [-0.1, -0.05) is 43.3 Å². The summed E-state index contributed by atoms with van der Waals surface area (Å²) < 4.78 is 6.00. The molecule has 3 heteroatoms. The Morgan fingerprint density at radius 1 is 1.14 bits per heavy atom. The number of fused-ring (bicyclic) bond motifs is 5. The van der Waals surface area contributed by atoms with E-state index in [0.29, 0.717) is 37.1 Å². The molecule has 0 amide bonds. The molecule has 5 atom stereocenters. The van der Waals surface area contributed by atoms with E-state index in [0.717, 1.165) is 30.6 Å². The first-order valence-electron chi connectivity index (χ1n) is 10.6. The number of carbonyl (C=O) groups excluding carboxylic acids is 1. The molecule has 3 aliphatic carbocycles. The van der Waals surface area contributed by atoms with Gasteiger partial charge in [0.1, 0.15) is 18.1 Å². The van der Waals surface area contributed by atoms with Crippen LogP contribution in [0, 0.1) is 17.3 Å². The van der Waals surface area contributed by atoms with E-state index in [4.69, 9.17) is 4.74 Å². The minimum Gasteiger partial charge on any atom is -0.489 e. The molecule has 2 saturated carbocycles. The quantitative estimate of drug-likeness (QED) is 0.847. The van der Waals surface area contributed by atoms with Crippen LogP contribution in [-0.2, 0) is 17.8 Å². The standard InChI is InChI=1S/C25H28O3/c1-25-12-11-20-19-8-7-18(28-15-16-5-3-2-4-6-16)13-17(19)14-22(26)24(20)21(25)9-10-23(25)27/h2-8,13,20-22,24,26H,9-12,14-15H2,1H3/t20-,21+,22+,24-,25+/m1/s1. The zero-order valence-electron chi connectivity index (χ0n) is 16.4. The maximum Gasteiger partial charge on any atom is 0.139 e. The van der Waals surface area contributed by atoms with Crippen molar-refractivity contribution in [1.29, 1.82) is 0 Å². The predicted octanol–water partition coefficient (Wildman–Crippen LogP) is 4.66. The van der Waals surface area contributed by atoms with Crippen molar-refractivity contribution in [2.24, 2.45) is 17.3 Å². The number of benzene rings is 2. The summed E-state index contributed by atoms with van der Waals surface area (Å²) in [7, 11) is 0. The SMILES string of the molecule is C[C@]12CC[C@@H]3c4ccc(OCc5ccccc5)cc4C[C@H](O)[C@H]3[C@@H]1CCC2=O. The number of Topliss-reactive ketones (excluding diaryl/α,β-unsaturated/α-hetero) is 1. The number of ether oxygens (including phenoxy) is 1. The fourth-order valence-corrected chi connectivity index (χ4v) is 6.18. The zero-order chi connectivity index (χ0) is 19.3. The number of hydrogen-bond donors (Lipinski definition) is 1. The van der Waals surface area contributed by atoms with Gasteiger partial charge in [-0.2, -0.15) is 0 Å². The molecule has 146 valence electrons. The van der Waals surface area contributed by atoms with Crippen LogP contribution in [0.25, 0.3) is 0 Å². The molecular formula is C25H28O3. The van der Waals surface area contributed by atoms with Crippen molar-refractivity contribution in [1.82, 2.24) is 0 Å². The molecule has 5 rings (SSSR count). The molecule has 2 fully saturated rings. The molecule has 0 unspecified atom stereocenters. The van der Waals surface area contributed by atoms with Gasteiger partial charge in [-0.05, 0) is 72.3 Å². The van der Waals surface area contributed by atoms with Crippen LogP contribution in [-0.4, -0.2) is 17.0 Å². The van der Waals surface area contributed by atoms with Crippen molar-refractivity contribution in [3.05, 3.63) is 65.2 Å². The lowest BCUT2D eigenvalue weighted by Crippen LogP contribution is -2.48. The normalized spacial score (nSPS) is 33.7. The minimum atomic E-state index is -0.364. The van der Waals surface area contributed by atoms with Gasteiger partial charge in [0.2, 0.25) is 0 Å². The van der Waals surface area contributed by atoms with Crippen molar-refractivity contribution >= 4 is 5.78 Å². The number of rotatable bonds is 3. The Bertz CT molecular complexity index is 890. The minimum absolute atomic E-state index is 0.210. The summed E-state index contributed by atoms with van der Waals surface area (Å²) in [6, 6.07) is 16.6. The number of hydrogen-bond acceptors (Lipinski definition) is 3. The number of carbonyl (C=O) groups is 1. The number of ketones is 1. The van der Waals surface area contributed by atoms with Crippen molar-refractivity contribution < 1.29 is 14.6 Å². The predicted molar refractivity (Wildman–Crippen MR) is 108 cm³/mol. The largest absolute Gasteiger partial charge is 0.489 e. The lowest BCUT2D eigenvalue weighted by Gasteiger charge is -2.50. The Morgan fingerprint density at radius 3 is 2.79 bits per heavy atom. The average Bonchev–Trinajstić information content (AvgIpc) is 3.01. The Labute approximate surface area is 166 Å². The van der Waals surface area contributed by atoms with Gasteiger partial charge in [0, 0.05) is 11.8 Å². The van der Waals surface area contributed by atoms with Crippen LogP contribution in [0.15, 0.2) is 48.5 Å². The summed E-state index contributed by atoms with van der Waals surface area (Å²) in [5.74, 6) is 2.19. The summed E-state index contributed by atoms with van der Waals surface area (Å²) in [5, 5.41) is 11.0. The van der Waals surface area contributed by atoms with Crippen molar-refractivity contribution in [2.45, 2.75) is 57.7 Å². The highest BCUT2D eigenvalue weighted by Crippen LogP contribution is 2.59. The van der Waals surface area contributed by atoms with Crippen LogP contribution in [0.5, 0.6) is 5.75 Å². The van der Waals surface area contributed by atoms with E-state index in [1.807, 2.05) is 18.2 Å². The third-order valence-electron chi connectivity index (χ3n) is 7.68. The van der Waals surface area contributed by atoms with Gasteiger partial charge in [0.15, 0.2) is 0 Å². The fourth-order valence-electron chi connectivity index (χ4n) is 6.18. The van der Waals surface area contributed by atoms with Crippen molar-refractivity contribution in [2.75, 3.05) is 0 Å². The van der Waals surface area contributed by atoms with Gasteiger partial charge in [-0.15, -0.1) is 0 Å². The van der Waals surface area contributed by atoms with Crippen molar-refractivity contribution in [3.8, 4) is 5.75 Å². The molecule has 0 radical (unpaired) electrons. The van der Waals surface area contributed by atoms with E-state index in [9.17, 15) is 9.90 Å². The molecule has 2 aromatic carbocycles. The second-order valence-electron chi connectivity index (χ2n) is 9.11. The van der Waals surface area contributed by atoms with E-state index in [1.54, 1.807) is 0 Å². The second-order valence-corrected chi connectivity index (χ2v) is 9.11. The monoisotopic (exact) mass is 376 g/mol. The third kappa shape index (κ3) is 2.79. The first-order valence-corrected chi connectivity index (χ1v) is 10.6. The van der Waals surface area contributed by atoms with Crippen LogP contribution in [0.4, 0.5) is 0 Å². The third-order valence-corrected chi connectivity index (χ3v) is 7.68. The van der Waals surface area contributed by atoms with E-state index < -0.39 is 0 Å². The lowest BCUT2D eigenvalue weighted by molar-refractivity contribution is -0.131. The van der Waals surface area contributed by atoms with Crippen LogP contribution in [0.2, 0.25) is 0 Å². The van der Waals surface area contributed by atoms with Gasteiger partial charge < -0.3 is 9.84 Å². The maximum absolute atomic E-state index is 12.5. The molecule has 0 aromatic heterocycles. The highest BCUT2D eigenvalue weighted by Gasteiger charge is 2.56. The molecule has 0 bridgehead atoms. The Balaban J connectivity index is 1.39. The zero-order valence-corrected chi connectivity index (χ0v) is 16.4. The first-order chi connectivity index (χ1) is 13.6. The van der Waals surface area contributed by atoms with Gasteiger partial charge in [0.05, 0.1) is 6.10 Å². The van der Waals surface area contributed by atoms with Gasteiger partial charge >= 0.3 is 0 Å². The smallest absolute Gasteiger partial charge is 0.139 e. The first kappa shape index (κ1) is 17.9. The fraction of sp³-hybridized carbons (Fsp3) is 0.480. The van der Waals surface area contributed by atoms with Crippen molar-refractivity contribution in [3.63, 3.8) is 0 Å². The molecule has 1 N–H and O–H groups in total. The molecule has 2 aromatic rings. The van der Waals surface area contributed by atoms with Crippen LogP contribution in [0.3, 0.4) is 0 Å². The number of aliphatic hydroxyl groups excluding tert-OH is 1. The van der Waals surface area contributed by atoms with Crippen LogP contribution in [0.1, 0.15) is 55.2 Å². The molecule has 3 aliphatic rings. The lowest BCUT2D eigenvalue weighted by atomic mass is 9.55. The van der Waals surface area contributed by atoms with Crippen LogP contribution < -0.4 is 4.74 Å². The highest BCUT2D eigenvalue weighted by atomic mass is 16.5. The molecule has 0 saturated heterocycles. The van der Waals surface area contributed by atoms with E-state index in [1.165, 1.54) is 11.1 Å². The molecular weight excluding hydrogens is 348 g/mol. The molecule has 28 heavy (non-hydrogen) atoms. The second kappa shape index (κ2) is 6.73. The summed E-state index contributed by atoms with van der Waals surface area (Å²) in [6.07, 6.45) is 3.89. The summed E-state index contributed by atoms with van der Waals surface area (Å²) in [5.41, 5.74) is 3.52. The Hall–Kier alpha value is -2.13. The molecule has 0 aliphatic heterocycles. The van der Waals surface area contributed by atoms with E-state index in [-0.39, 0.29) is 17.4 Å². The summed E-state index contributed by atoms with van der Waals surface area (Å²) in [6.45, 7) is 2.70. The molecule has 0 spiro atoms. The Morgan fingerprint density at radius 2 is 1.96 bits per heavy atom. The molecule has 3 nitrogen and oxygen atoms in total. The van der Waals surface area contributed by atoms with Crippen LogP contribution >= 0.6 is 0 Å². The summed E-state index contributed by atoms with van der Waals surface area (Å²) >= 11 is 0. The van der Waals surface area contributed by atoms with E-state index in [2.05, 4.69) is 37.3 Å². The summed E-state index contributed by atoms with van der Waals surface area (Å²) in [4.78, 5) is 12.5. The van der Waals surface area contributed by atoms with Gasteiger partial charge in [-0.3, -0.25) is 4.79 Å². The number of aliphatic hydroxyl groups is 1.